The Balaban J connectivity index is 2.15. The van der Waals surface area contributed by atoms with Crippen LogP contribution in [-0.2, 0) is 9.59 Å². The third-order valence-electron chi connectivity index (χ3n) is 2.87. The molecule has 0 bridgehead atoms. The van der Waals surface area contributed by atoms with E-state index in [9.17, 15) is 14.0 Å². The fourth-order valence-electron chi connectivity index (χ4n) is 1.82. The van der Waals surface area contributed by atoms with Crippen LogP contribution in [0.3, 0.4) is 0 Å². The van der Waals surface area contributed by atoms with Crippen LogP contribution in [0.25, 0.3) is 0 Å². The molecule has 0 radical (unpaired) electrons. The highest BCUT2D eigenvalue weighted by molar-refractivity contribution is 6.06. The second-order valence-corrected chi connectivity index (χ2v) is 4.04. The number of amides is 2. The van der Waals surface area contributed by atoms with E-state index in [4.69, 9.17) is 4.74 Å². The molecule has 1 aromatic rings. The van der Waals surface area contributed by atoms with Gasteiger partial charge in [-0.25, -0.2) is 4.39 Å². The Labute approximate surface area is 104 Å². The molecule has 96 valence electrons. The average molecular weight is 252 g/mol. The summed E-state index contributed by atoms with van der Waals surface area (Å²) >= 11 is 0. The third kappa shape index (κ3) is 2.13. The van der Waals surface area contributed by atoms with E-state index >= 15 is 0 Å². The Morgan fingerprint density at radius 1 is 1.44 bits per heavy atom. The van der Waals surface area contributed by atoms with Crippen molar-refractivity contribution in [2.24, 2.45) is 0 Å². The molecule has 1 aliphatic heterocycles. The lowest BCUT2D eigenvalue weighted by Gasteiger charge is -2.13. The fourth-order valence-corrected chi connectivity index (χ4v) is 1.82. The second-order valence-electron chi connectivity index (χ2n) is 4.04. The summed E-state index contributed by atoms with van der Waals surface area (Å²) in [5.41, 5.74) is 0.537. The SMILES string of the molecule is COc1cc(NC2CC(=O)N(C)C2=O)ccc1F. The number of likely N-dealkylation sites (tertiary alicyclic amines) is 1. The number of methoxy groups -OCH3 is 1. The van der Waals surface area contributed by atoms with E-state index in [1.165, 1.54) is 32.4 Å². The highest BCUT2D eigenvalue weighted by atomic mass is 19.1. The van der Waals surface area contributed by atoms with Crippen LogP contribution in [0.15, 0.2) is 18.2 Å². The zero-order valence-electron chi connectivity index (χ0n) is 10.1. The Hall–Kier alpha value is -2.11. The van der Waals surface area contributed by atoms with Gasteiger partial charge in [0.1, 0.15) is 6.04 Å². The summed E-state index contributed by atoms with van der Waals surface area (Å²) in [6, 6.07) is 3.59. The van der Waals surface area contributed by atoms with Gasteiger partial charge in [-0.15, -0.1) is 0 Å². The molecule has 5 nitrogen and oxygen atoms in total. The quantitative estimate of drug-likeness (QED) is 0.815. The molecule has 2 amide bonds. The van der Waals surface area contributed by atoms with Crippen LogP contribution in [0, 0.1) is 5.82 Å². The number of halogens is 1. The van der Waals surface area contributed by atoms with Gasteiger partial charge in [0, 0.05) is 18.8 Å². The molecule has 0 spiro atoms. The van der Waals surface area contributed by atoms with Crippen molar-refractivity contribution >= 4 is 17.5 Å². The number of carbonyl (C=O) groups excluding carboxylic acids is 2. The standard InChI is InChI=1S/C12H13FN2O3/c1-15-11(16)6-9(12(15)17)14-7-3-4-8(13)10(5-7)18-2/h3-5,9,14H,6H2,1-2H3. The Kier molecular flexibility index (Phi) is 3.18. The summed E-state index contributed by atoms with van der Waals surface area (Å²) < 4.78 is 18.0. The number of nitrogens with zero attached hydrogens (tertiary/aromatic N) is 1. The second kappa shape index (κ2) is 4.64. The summed E-state index contributed by atoms with van der Waals surface area (Å²) in [5.74, 6) is -0.908. The van der Waals surface area contributed by atoms with Gasteiger partial charge < -0.3 is 10.1 Å². The summed E-state index contributed by atoms with van der Waals surface area (Å²) in [7, 11) is 2.80. The molecular weight excluding hydrogens is 239 g/mol. The van der Waals surface area contributed by atoms with E-state index in [-0.39, 0.29) is 24.0 Å². The minimum Gasteiger partial charge on any atom is -0.494 e. The monoisotopic (exact) mass is 252 g/mol. The minimum atomic E-state index is -0.599. The number of anilines is 1. The van der Waals surface area contributed by atoms with E-state index in [0.717, 1.165) is 4.90 Å². The van der Waals surface area contributed by atoms with Crippen molar-refractivity contribution in [3.05, 3.63) is 24.0 Å². The van der Waals surface area contributed by atoms with Gasteiger partial charge in [0.15, 0.2) is 11.6 Å². The first kappa shape index (κ1) is 12.3. The zero-order valence-corrected chi connectivity index (χ0v) is 10.1. The highest BCUT2D eigenvalue weighted by Gasteiger charge is 2.35. The van der Waals surface area contributed by atoms with Crippen LogP contribution in [0.1, 0.15) is 6.42 Å². The van der Waals surface area contributed by atoms with E-state index in [0.29, 0.717) is 5.69 Å². The highest BCUT2D eigenvalue weighted by Crippen LogP contribution is 2.23. The van der Waals surface area contributed by atoms with E-state index < -0.39 is 11.9 Å². The zero-order chi connectivity index (χ0) is 13.3. The number of carbonyl (C=O) groups is 2. The van der Waals surface area contributed by atoms with Crippen molar-refractivity contribution in [3.8, 4) is 5.75 Å². The summed E-state index contributed by atoms with van der Waals surface area (Å²) in [6.07, 6.45) is 0.106. The lowest BCUT2D eigenvalue weighted by Crippen LogP contribution is -2.31. The average Bonchev–Trinajstić information content (AvgIpc) is 2.59. The normalized spacial score (nSPS) is 19.3. The van der Waals surface area contributed by atoms with Crippen molar-refractivity contribution in [2.45, 2.75) is 12.5 Å². The number of likely N-dealkylation sites (N-methyl/N-ethyl adjacent to an activating group) is 1. The van der Waals surface area contributed by atoms with E-state index in [1.807, 2.05) is 0 Å². The largest absolute Gasteiger partial charge is 0.494 e. The van der Waals surface area contributed by atoms with Gasteiger partial charge in [0.2, 0.25) is 5.91 Å². The molecule has 1 aliphatic rings. The molecule has 1 heterocycles. The topological polar surface area (TPSA) is 58.6 Å². The predicted molar refractivity (Wildman–Crippen MR) is 62.8 cm³/mol. The van der Waals surface area contributed by atoms with Crippen LogP contribution >= 0.6 is 0 Å². The van der Waals surface area contributed by atoms with Gasteiger partial charge >= 0.3 is 0 Å². The first-order valence-electron chi connectivity index (χ1n) is 5.43. The van der Waals surface area contributed by atoms with Crippen LogP contribution < -0.4 is 10.1 Å². The van der Waals surface area contributed by atoms with Crippen LogP contribution in [-0.4, -0.2) is 36.9 Å². The number of ether oxygens (including phenoxy) is 1. The first-order valence-corrected chi connectivity index (χ1v) is 5.43. The molecule has 1 unspecified atom stereocenters. The van der Waals surface area contributed by atoms with Gasteiger partial charge in [-0.1, -0.05) is 0 Å². The molecule has 1 saturated heterocycles. The molecule has 0 saturated carbocycles. The number of nitrogens with one attached hydrogen (secondary N) is 1. The van der Waals surface area contributed by atoms with E-state index in [2.05, 4.69) is 5.32 Å². The number of hydrogen-bond donors (Lipinski definition) is 1. The molecule has 18 heavy (non-hydrogen) atoms. The third-order valence-corrected chi connectivity index (χ3v) is 2.87. The Morgan fingerprint density at radius 2 is 2.17 bits per heavy atom. The van der Waals surface area contributed by atoms with Crippen molar-refractivity contribution in [1.29, 1.82) is 0 Å². The molecule has 0 aromatic heterocycles. The smallest absolute Gasteiger partial charge is 0.251 e. The Morgan fingerprint density at radius 3 is 2.72 bits per heavy atom. The van der Waals surface area contributed by atoms with Gasteiger partial charge in [0.25, 0.3) is 5.91 Å². The maximum atomic E-state index is 13.2. The van der Waals surface area contributed by atoms with Gasteiger partial charge in [-0.05, 0) is 12.1 Å². The van der Waals surface area contributed by atoms with Crippen molar-refractivity contribution < 1.29 is 18.7 Å². The number of benzene rings is 1. The van der Waals surface area contributed by atoms with Crippen molar-refractivity contribution in [3.63, 3.8) is 0 Å². The van der Waals surface area contributed by atoms with Gasteiger partial charge in [-0.2, -0.15) is 0 Å². The van der Waals surface area contributed by atoms with Crippen molar-refractivity contribution in [1.82, 2.24) is 4.90 Å². The lowest BCUT2D eigenvalue weighted by atomic mass is 10.2. The van der Waals surface area contributed by atoms with Gasteiger partial charge in [0.05, 0.1) is 13.5 Å². The molecule has 6 heteroatoms. The van der Waals surface area contributed by atoms with Gasteiger partial charge in [-0.3, -0.25) is 14.5 Å². The minimum absolute atomic E-state index is 0.0881. The number of rotatable bonds is 3. The molecule has 1 N–H and O–H groups in total. The first-order chi connectivity index (χ1) is 8.52. The molecule has 1 aromatic carbocycles. The molecule has 1 atom stereocenters. The van der Waals surface area contributed by atoms with Crippen molar-refractivity contribution in [2.75, 3.05) is 19.5 Å². The molecule has 2 rings (SSSR count). The maximum Gasteiger partial charge on any atom is 0.251 e. The summed E-state index contributed by atoms with van der Waals surface area (Å²) in [5, 5.41) is 2.89. The molecule has 1 fully saturated rings. The number of hydrogen-bond acceptors (Lipinski definition) is 4. The molecule has 0 aliphatic carbocycles. The maximum absolute atomic E-state index is 13.2. The van der Waals surface area contributed by atoms with E-state index in [1.54, 1.807) is 0 Å². The fraction of sp³-hybridized carbons (Fsp3) is 0.333. The van der Waals surface area contributed by atoms with Crippen LogP contribution in [0.5, 0.6) is 5.75 Å². The van der Waals surface area contributed by atoms with Crippen LogP contribution in [0.2, 0.25) is 0 Å². The summed E-state index contributed by atoms with van der Waals surface area (Å²) in [4.78, 5) is 24.1. The predicted octanol–water partition coefficient (Wildman–Crippen LogP) is 1.00. The lowest BCUT2D eigenvalue weighted by molar-refractivity contribution is -0.136. The summed E-state index contributed by atoms with van der Waals surface area (Å²) in [6.45, 7) is 0. The molecular formula is C12H13FN2O3. The van der Waals surface area contributed by atoms with Crippen LogP contribution in [0.4, 0.5) is 10.1 Å². The Bertz CT molecular complexity index is 504. The number of imide groups is 1.